The summed E-state index contributed by atoms with van der Waals surface area (Å²) in [4.78, 5) is 27.8. The van der Waals surface area contributed by atoms with Gasteiger partial charge in [0.05, 0.1) is 5.92 Å². The molecule has 0 aliphatic heterocycles. The Morgan fingerprint density at radius 1 is 1.26 bits per heavy atom. The lowest BCUT2D eigenvalue weighted by atomic mass is 9.86. The molecule has 0 radical (unpaired) electrons. The minimum atomic E-state index is -0.785. The van der Waals surface area contributed by atoms with Crippen molar-refractivity contribution in [3.63, 3.8) is 0 Å². The molecule has 0 bridgehead atoms. The molecule has 3 N–H and O–H groups in total. The number of halogens is 1. The van der Waals surface area contributed by atoms with Crippen molar-refractivity contribution in [2.45, 2.75) is 37.8 Å². The van der Waals surface area contributed by atoms with Crippen LogP contribution in [0, 0.1) is 11.7 Å². The number of rotatable bonds is 5. The number of carboxylic acids is 1. The van der Waals surface area contributed by atoms with Crippen LogP contribution in [0.2, 0.25) is 0 Å². The second-order valence-corrected chi connectivity index (χ2v) is 6.86. The Kier molecular flexibility index (Phi) is 5.73. The number of hydrogen-bond acceptors (Lipinski definition) is 3. The lowest BCUT2D eigenvalue weighted by Gasteiger charge is -2.28. The van der Waals surface area contributed by atoms with Crippen LogP contribution in [0.3, 0.4) is 0 Å². The third-order valence-electron chi connectivity index (χ3n) is 5.02. The highest BCUT2D eigenvalue weighted by molar-refractivity contribution is 5.75. The van der Waals surface area contributed by atoms with Crippen molar-refractivity contribution in [1.82, 2.24) is 20.2 Å². The van der Waals surface area contributed by atoms with E-state index in [4.69, 9.17) is 5.11 Å². The van der Waals surface area contributed by atoms with E-state index >= 15 is 0 Å². The van der Waals surface area contributed by atoms with Crippen LogP contribution in [-0.2, 0) is 11.8 Å². The van der Waals surface area contributed by atoms with Gasteiger partial charge in [0.15, 0.2) is 0 Å². The molecule has 7 nitrogen and oxygen atoms in total. The molecule has 2 aromatic rings. The van der Waals surface area contributed by atoms with E-state index in [0.29, 0.717) is 37.1 Å². The molecule has 1 heterocycles. The van der Waals surface area contributed by atoms with Gasteiger partial charge in [-0.15, -0.1) is 0 Å². The summed E-state index contributed by atoms with van der Waals surface area (Å²) in [6, 6.07) is 5.01. The fraction of sp³-hybridized carbons (Fsp3) is 0.421. The maximum absolute atomic E-state index is 14.3. The van der Waals surface area contributed by atoms with Crippen molar-refractivity contribution in [1.29, 1.82) is 0 Å². The quantitative estimate of drug-likeness (QED) is 0.749. The number of carbonyl (C=O) groups is 2. The molecule has 1 aromatic heterocycles. The molecular formula is C19H23FN4O3. The number of carbonyl (C=O) groups excluding carboxylic acids is 1. The largest absolute Gasteiger partial charge is 0.481 e. The maximum atomic E-state index is 14.3. The summed E-state index contributed by atoms with van der Waals surface area (Å²) in [5.74, 6) is -1.03. The zero-order valence-electron chi connectivity index (χ0n) is 15.1. The number of urea groups is 1. The van der Waals surface area contributed by atoms with Gasteiger partial charge in [-0.2, -0.15) is 0 Å². The highest BCUT2D eigenvalue weighted by Crippen LogP contribution is 2.25. The molecule has 1 fully saturated rings. The molecule has 27 heavy (non-hydrogen) atoms. The van der Waals surface area contributed by atoms with E-state index in [9.17, 15) is 14.0 Å². The number of amides is 2. The normalized spacial score (nSPS) is 20.7. The standard InChI is InChI=1S/C19H23FN4O3/c1-24-11-10-21-17(24)16(14-4-2-3-5-15(14)20)23-19(27)22-13-8-6-12(7-9-13)18(25)26/h2-5,10-13,16H,6-9H2,1H3,(H,25,26)(H2,22,23,27). The fourth-order valence-electron chi connectivity index (χ4n) is 3.49. The number of aliphatic carboxylic acids is 1. The maximum Gasteiger partial charge on any atom is 0.315 e. The van der Waals surface area contributed by atoms with Gasteiger partial charge >= 0.3 is 12.0 Å². The van der Waals surface area contributed by atoms with Crippen molar-refractivity contribution >= 4 is 12.0 Å². The van der Waals surface area contributed by atoms with Crippen LogP contribution in [0.25, 0.3) is 0 Å². The minimum Gasteiger partial charge on any atom is -0.481 e. The van der Waals surface area contributed by atoms with Gasteiger partial charge in [-0.05, 0) is 31.7 Å². The highest BCUT2D eigenvalue weighted by Gasteiger charge is 2.28. The molecular weight excluding hydrogens is 351 g/mol. The monoisotopic (exact) mass is 374 g/mol. The van der Waals surface area contributed by atoms with Gasteiger partial charge in [0.1, 0.15) is 17.7 Å². The third kappa shape index (κ3) is 4.45. The molecule has 1 aromatic carbocycles. The zero-order valence-corrected chi connectivity index (χ0v) is 15.1. The summed E-state index contributed by atoms with van der Waals surface area (Å²) in [6.45, 7) is 0. The second kappa shape index (κ2) is 8.20. The zero-order chi connectivity index (χ0) is 19.4. The SMILES string of the molecule is Cn1ccnc1C(NC(=O)NC1CCC(C(=O)O)CC1)c1ccccc1F. The number of aromatic nitrogens is 2. The first kappa shape index (κ1) is 18.9. The Labute approximate surface area is 156 Å². The Hall–Kier alpha value is -2.90. The van der Waals surface area contributed by atoms with Crippen molar-refractivity contribution in [3.8, 4) is 0 Å². The number of carboxylic acid groups (broad SMARTS) is 1. The van der Waals surface area contributed by atoms with Gasteiger partial charge in [-0.3, -0.25) is 4.79 Å². The molecule has 8 heteroatoms. The average Bonchev–Trinajstić information content (AvgIpc) is 3.06. The lowest BCUT2D eigenvalue weighted by molar-refractivity contribution is -0.142. The second-order valence-electron chi connectivity index (χ2n) is 6.86. The topological polar surface area (TPSA) is 96.3 Å². The molecule has 3 rings (SSSR count). The molecule has 0 spiro atoms. The van der Waals surface area contributed by atoms with E-state index in [2.05, 4.69) is 15.6 Å². The molecule has 2 amide bonds. The van der Waals surface area contributed by atoms with E-state index in [0.717, 1.165) is 0 Å². The summed E-state index contributed by atoms with van der Waals surface area (Å²) in [6.07, 6.45) is 5.62. The van der Waals surface area contributed by atoms with E-state index < -0.39 is 23.9 Å². The molecule has 0 saturated heterocycles. The van der Waals surface area contributed by atoms with Crippen molar-refractivity contribution in [2.24, 2.45) is 13.0 Å². The van der Waals surface area contributed by atoms with Gasteiger partial charge < -0.3 is 20.3 Å². The number of nitrogens with zero attached hydrogens (tertiary/aromatic N) is 2. The number of hydrogen-bond donors (Lipinski definition) is 3. The average molecular weight is 374 g/mol. The van der Waals surface area contributed by atoms with Crippen molar-refractivity contribution in [2.75, 3.05) is 0 Å². The summed E-state index contributed by atoms with van der Waals surface area (Å²) >= 11 is 0. The van der Waals surface area contributed by atoms with E-state index in [1.807, 2.05) is 0 Å². The molecule has 1 aliphatic carbocycles. The lowest BCUT2D eigenvalue weighted by Crippen LogP contribution is -2.46. The van der Waals surface area contributed by atoms with Gasteiger partial charge in [-0.25, -0.2) is 14.2 Å². The number of benzene rings is 1. The van der Waals surface area contributed by atoms with E-state index in [1.54, 1.807) is 42.2 Å². The summed E-state index contributed by atoms with van der Waals surface area (Å²) < 4.78 is 16.1. The van der Waals surface area contributed by atoms with Gasteiger partial charge in [0.25, 0.3) is 0 Å². The van der Waals surface area contributed by atoms with Crippen LogP contribution in [0.4, 0.5) is 9.18 Å². The summed E-state index contributed by atoms with van der Waals surface area (Å²) in [7, 11) is 1.78. The van der Waals surface area contributed by atoms with Crippen LogP contribution in [0.15, 0.2) is 36.7 Å². The van der Waals surface area contributed by atoms with E-state index in [1.165, 1.54) is 6.07 Å². The smallest absolute Gasteiger partial charge is 0.315 e. The predicted octanol–water partition coefficient (Wildman–Crippen LogP) is 2.59. The Morgan fingerprint density at radius 2 is 1.96 bits per heavy atom. The fourth-order valence-corrected chi connectivity index (χ4v) is 3.49. The predicted molar refractivity (Wildman–Crippen MR) is 96.5 cm³/mol. The van der Waals surface area contributed by atoms with Crippen LogP contribution < -0.4 is 10.6 Å². The van der Waals surface area contributed by atoms with Crippen LogP contribution in [-0.4, -0.2) is 32.7 Å². The number of aryl methyl sites for hydroxylation is 1. The van der Waals surface area contributed by atoms with Crippen molar-refractivity contribution in [3.05, 3.63) is 53.9 Å². The first-order chi connectivity index (χ1) is 13.0. The Balaban J connectivity index is 1.70. The van der Waals surface area contributed by atoms with Crippen LogP contribution in [0.1, 0.15) is 43.1 Å². The van der Waals surface area contributed by atoms with Gasteiger partial charge in [-0.1, -0.05) is 18.2 Å². The number of nitrogens with one attached hydrogen (secondary N) is 2. The minimum absolute atomic E-state index is 0.0942. The van der Waals surface area contributed by atoms with Crippen LogP contribution >= 0.6 is 0 Å². The van der Waals surface area contributed by atoms with Gasteiger partial charge in [0.2, 0.25) is 0 Å². The first-order valence-electron chi connectivity index (χ1n) is 8.97. The molecule has 144 valence electrons. The molecule has 1 unspecified atom stereocenters. The molecule has 1 atom stereocenters. The van der Waals surface area contributed by atoms with E-state index in [-0.39, 0.29) is 12.0 Å². The molecule has 1 saturated carbocycles. The summed E-state index contributed by atoms with van der Waals surface area (Å²) in [5.41, 5.74) is 0.330. The number of imidazole rings is 1. The Morgan fingerprint density at radius 3 is 2.56 bits per heavy atom. The molecule has 1 aliphatic rings. The Bertz CT molecular complexity index is 815. The summed E-state index contributed by atoms with van der Waals surface area (Å²) in [5, 5.41) is 14.8. The van der Waals surface area contributed by atoms with Crippen molar-refractivity contribution < 1.29 is 19.1 Å². The first-order valence-corrected chi connectivity index (χ1v) is 8.97. The van der Waals surface area contributed by atoms with Gasteiger partial charge in [0, 0.05) is 31.0 Å². The third-order valence-corrected chi connectivity index (χ3v) is 5.02. The highest BCUT2D eigenvalue weighted by atomic mass is 19.1. The van der Waals surface area contributed by atoms with Crippen LogP contribution in [0.5, 0.6) is 0 Å².